The van der Waals surface area contributed by atoms with Crippen molar-refractivity contribution in [1.29, 1.82) is 0 Å². The molecule has 4 nitrogen and oxygen atoms in total. The zero-order valence-electron chi connectivity index (χ0n) is 12.1. The van der Waals surface area contributed by atoms with E-state index < -0.39 is 0 Å². The van der Waals surface area contributed by atoms with E-state index in [4.69, 9.17) is 4.74 Å². The Morgan fingerprint density at radius 3 is 2.62 bits per heavy atom. The number of hydrogen-bond donors (Lipinski definition) is 0. The molecule has 0 aliphatic rings. The molecule has 2 aromatic rings. The number of ether oxygens (including phenoxy) is 2. The van der Waals surface area contributed by atoms with Gasteiger partial charge in [0.1, 0.15) is 17.4 Å². The van der Waals surface area contributed by atoms with E-state index >= 15 is 0 Å². The molecule has 0 spiro atoms. The van der Waals surface area contributed by atoms with Crippen molar-refractivity contribution < 1.29 is 14.3 Å². The van der Waals surface area contributed by atoms with Gasteiger partial charge >= 0.3 is 5.97 Å². The number of nitrogens with zero attached hydrogens (tertiary/aromatic N) is 1. The van der Waals surface area contributed by atoms with Crippen molar-refractivity contribution in [2.75, 3.05) is 7.11 Å². The largest absolute Gasteiger partial charge is 0.486 e. The third kappa shape index (κ3) is 4.28. The number of aromatic nitrogens is 1. The summed E-state index contributed by atoms with van der Waals surface area (Å²) >= 11 is 4.95. The Morgan fingerprint density at radius 1 is 1.33 bits per heavy atom. The molecule has 0 saturated heterocycles. The minimum absolute atomic E-state index is 0.198. The number of carbonyl (C=O) groups excluding carboxylic acids is 1. The van der Waals surface area contributed by atoms with Crippen molar-refractivity contribution in [2.45, 2.75) is 26.9 Å². The highest BCUT2D eigenvalue weighted by molar-refractivity contribution is 9.10. The summed E-state index contributed by atoms with van der Waals surface area (Å²) in [6.07, 6.45) is 0.198. The van der Waals surface area contributed by atoms with Gasteiger partial charge < -0.3 is 9.47 Å². The van der Waals surface area contributed by atoms with E-state index in [9.17, 15) is 4.79 Å². The van der Waals surface area contributed by atoms with Gasteiger partial charge in [-0.15, -0.1) is 11.3 Å². The van der Waals surface area contributed by atoms with Crippen molar-refractivity contribution in [3.05, 3.63) is 43.8 Å². The highest BCUT2D eigenvalue weighted by Crippen LogP contribution is 2.28. The molecule has 0 radical (unpaired) electrons. The van der Waals surface area contributed by atoms with E-state index in [1.54, 1.807) is 0 Å². The Bertz CT molecular complexity index is 631. The smallest absolute Gasteiger partial charge is 0.311 e. The van der Waals surface area contributed by atoms with Crippen LogP contribution in [0, 0.1) is 13.8 Å². The second kappa shape index (κ2) is 7.04. The fourth-order valence-electron chi connectivity index (χ4n) is 1.98. The van der Waals surface area contributed by atoms with Crippen LogP contribution in [0.3, 0.4) is 0 Å². The summed E-state index contributed by atoms with van der Waals surface area (Å²) in [5.74, 6) is 0.593. The maximum Gasteiger partial charge on any atom is 0.311 e. The third-order valence-corrected chi connectivity index (χ3v) is 4.25. The zero-order valence-corrected chi connectivity index (χ0v) is 14.5. The summed E-state index contributed by atoms with van der Waals surface area (Å²) < 4.78 is 11.5. The Hall–Kier alpha value is -1.40. The van der Waals surface area contributed by atoms with Gasteiger partial charge in [-0.05, 0) is 37.1 Å². The topological polar surface area (TPSA) is 48.4 Å². The fourth-order valence-corrected chi connectivity index (χ4v) is 3.37. The van der Waals surface area contributed by atoms with Gasteiger partial charge in [0.25, 0.3) is 0 Å². The maximum absolute atomic E-state index is 11.2. The van der Waals surface area contributed by atoms with Gasteiger partial charge in [-0.3, -0.25) is 4.79 Å². The summed E-state index contributed by atoms with van der Waals surface area (Å²) in [6.45, 7) is 4.42. The maximum atomic E-state index is 11.2. The highest BCUT2D eigenvalue weighted by atomic mass is 79.9. The fraction of sp³-hybridized carbons (Fsp3) is 0.333. The molecule has 0 aliphatic carbocycles. The van der Waals surface area contributed by atoms with Crippen molar-refractivity contribution >= 4 is 33.2 Å². The summed E-state index contributed by atoms with van der Waals surface area (Å²) in [6, 6.07) is 4.04. The number of aryl methyl sites for hydroxylation is 2. The summed E-state index contributed by atoms with van der Waals surface area (Å²) in [4.78, 5) is 15.6. The molecule has 1 aromatic carbocycles. The van der Waals surface area contributed by atoms with Gasteiger partial charge in [0, 0.05) is 9.85 Å². The standard InChI is InChI=1S/C15H16BrNO3S/c1-9-4-11(16)5-10(2)15(9)20-7-13-17-12(8-21-13)6-14(18)19-3/h4-5,8H,6-7H2,1-3H3. The predicted molar refractivity (Wildman–Crippen MR) is 85.8 cm³/mol. The molecule has 0 unspecified atom stereocenters. The van der Waals surface area contributed by atoms with E-state index in [1.807, 2.05) is 31.4 Å². The van der Waals surface area contributed by atoms with Gasteiger partial charge in [-0.25, -0.2) is 4.98 Å². The second-order valence-corrected chi connectivity index (χ2v) is 6.50. The van der Waals surface area contributed by atoms with Crippen LogP contribution in [0.25, 0.3) is 0 Å². The predicted octanol–water partition coefficient (Wildman–Crippen LogP) is 3.82. The lowest BCUT2D eigenvalue weighted by atomic mass is 10.1. The summed E-state index contributed by atoms with van der Waals surface area (Å²) in [5, 5.41) is 2.70. The second-order valence-electron chi connectivity index (χ2n) is 4.64. The Balaban J connectivity index is 2.02. The molecule has 0 bridgehead atoms. The van der Waals surface area contributed by atoms with Gasteiger partial charge in [-0.2, -0.15) is 0 Å². The van der Waals surface area contributed by atoms with Crippen molar-refractivity contribution in [2.24, 2.45) is 0 Å². The van der Waals surface area contributed by atoms with Crippen LogP contribution in [0.5, 0.6) is 5.75 Å². The average molecular weight is 370 g/mol. The number of halogens is 1. The molecule has 0 amide bonds. The molecule has 0 fully saturated rings. The summed E-state index contributed by atoms with van der Waals surface area (Å²) in [7, 11) is 1.37. The van der Waals surface area contributed by atoms with Crippen LogP contribution in [0.1, 0.15) is 21.8 Å². The van der Waals surface area contributed by atoms with Crippen LogP contribution < -0.4 is 4.74 Å². The normalized spacial score (nSPS) is 10.5. The first-order valence-electron chi connectivity index (χ1n) is 6.39. The molecular formula is C15H16BrNO3S. The van der Waals surface area contributed by atoms with E-state index in [-0.39, 0.29) is 12.4 Å². The third-order valence-electron chi connectivity index (χ3n) is 2.92. The van der Waals surface area contributed by atoms with Crippen molar-refractivity contribution in [3.8, 4) is 5.75 Å². The number of hydrogen-bond acceptors (Lipinski definition) is 5. The zero-order chi connectivity index (χ0) is 15.4. The first kappa shape index (κ1) is 16.0. The quantitative estimate of drug-likeness (QED) is 0.751. The lowest BCUT2D eigenvalue weighted by Gasteiger charge is -2.11. The Morgan fingerprint density at radius 2 is 2.00 bits per heavy atom. The van der Waals surface area contributed by atoms with Crippen LogP contribution in [0.4, 0.5) is 0 Å². The minimum atomic E-state index is -0.285. The molecule has 1 aromatic heterocycles. The summed E-state index contributed by atoms with van der Waals surface area (Å²) in [5.41, 5.74) is 2.87. The van der Waals surface area contributed by atoms with Gasteiger partial charge in [0.05, 0.1) is 19.2 Å². The molecular weight excluding hydrogens is 354 g/mol. The number of rotatable bonds is 5. The van der Waals surface area contributed by atoms with Crippen molar-refractivity contribution in [1.82, 2.24) is 4.98 Å². The molecule has 0 aliphatic heterocycles. The molecule has 2 rings (SSSR count). The van der Waals surface area contributed by atoms with Crippen LogP contribution in [-0.4, -0.2) is 18.1 Å². The number of esters is 1. The molecule has 6 heteroatoms. The Labute approximate surface area is 136 Å². The van der Waals surface area contributed by atoms with E-state index in [0.29, 0.717) is 6.61 Å². The SMILES string of the molecule is COC(=O)Cc1csc(COc2c(C)cc(Br)cc2C)n1. The first-order chi connectivity index (χ1) is 9.99. The molecule has 21 heavy (non-hydrogen) atoms. The van der Waals surface area contributed by atoms with E-state index in [1.165, 1.54) is 18.4 Å². The van der Waals surface area contributed by atoms with Gasteiger partial charge in [-0.1, -0.05) is 15.9 Å². The monoisotopic (exact) mass is 369 g/mol. The van der Waals surface area contributed by atoms with Gasteiger partial charge in [0.2, 0.25) is 0 Å². The van der Waals surface area contributed by atoms with E-state index in [0.717, 1.165) is 32.1 Å². The van der Waals surface area contributed by atoms with Crippen molar-refractivity contribution in [3.63, 3.8) is 0 Å². The Kier molecular flexibility index (Phi) is 5.36. The minimum Gasteiger partial charge on any atom is -0.486 e. The van der Waals surface area contributed by atoms with Crippen LogP contribution >= 0.6 is 27.3 Å². The number of methoxy groups -OCH3 is 1. The lowest BCUT2D eigenvalue weighted by molar-refractivity contribution is -0.139. The van der Waals surface area contributed by atoms with Gasteiger partial charge in [0.15, 0.2) is 0 Å². The molecule has 0 atom stereocenters. The number of thiazole rings is 1. The average Bonchev–Trinajstić information content (AvgIpc) is 2.85. The molecule has 1 heterocycles. The number of carbonyl (C=O) groups is 1. The number of benzene rings is 1. The molecule has 0 N–H and O–H groups in total. The molecule has 0 saturated carbocycles. The highest BCUT2D eigenvalue weighted by Gasteiger charge is 2.10. The first-order valence-corrected chi connectivity index (χ1v) is 8.06. The van der Waals surface area contributed by atoms with Crippen LogP contribution in [-0.2, 0) is 22.6 Å². The molecule has 112 valence electrons. The van der Waals surface area contributed by atoms with Crippen LogP contribution in [0.2, 0.25) is 0 Å². The van der Waals surface area contributed by atoms with E-state index in [2.05, 4.69) is 25.7 Å². The lowest BCUT2D eigenvalue weighted by Crippen LogP contribution is -2.05. The van der Waals surface area contributed by atoms with Crippen LogP contribution in [0.15, 0.2) is 22.0 Å².